The van der Waals surface area contributed by atoms with E-state index in [2.05, 4.69) is 144 Å². The van der Waals surface area contributed by atoms with Gasteiger partial charge in [-0.3, -0.25) is 0 Å². The van der Waals surface area contributed by atoms with Crippen molar-refractivity contribution in [1.29, 1.82) is 0 Å². The number of rotatable bonds is 4. The van der Waals surface area contributed by atoms with Crippen LogP contribution in [0, 0.1) is 47.4 Å². The number of benzene rings is 4. The van der Waals surface area contributed by atoms with Gasteiger partial charge < -0.3 is 0 Å². The predicted octanol–water partition coefficient (Wildman–Crippen LogP) is 7.55. The lowest BCUT2D eigenvalue weighted by atomic mass is 9.65. The van der Waals surface area contributed by atoms with Gasteiger partial charge in [-0.2, -0.15) is 0 Å². The summed E-state index contributed by atoms with van der Waals surface area (Å²) >= 11 is 0. The van der Waals surface area contributed by atoms with Crippen LogP contribution in [-0.2, 0) is 5.41 Å². The van der Waals surface area contributed by atoms with Gasteiger partial charge in [-0.15, -0.1) is 23.7 Å². The van der Waals surface area contributed by atoms with E-state index >= 15 is 0 Å². The van der Waals surface area contributed by atoms with Crippen molar-refractivity contribution in [1.82, 2.24) is 0 Å². The van der Waals surface area contributed by atoms with Crippen LogP contribution in [0.4, 0.5) is 0 Å². The third kappa shape index (κ3) is 5.22. The van der Waals surface area contributed by atoms with Crippen molar-refractivity contribution >= 4 is 0 Å². The first-order valence-corrected chi connectivity index (χ1v) is 12.3. The molecule has 0 fully saturated rings. The van der Waals surface area contributed by atoms with Crippen LogP contribution in [0.25, 0.3) is 0 Å². The second kappa shape index (κ2) is 11.7. The summed E-state index contributed by atoms with van der Waals surface area (Å²) in [5.41, 5.74) is 8.06. The van der Waals surface area contributed by atoms with Crippen LogP contribution in [0.15, 0.2) is 97.1 Å². The summed E-state index contributed by atoms with van der Waals surface area (Å²) in [6.45, 7) is 7.45. The van der Waals surface area contributed by atoms with E-state index in [4.69, 9.17) is 0 Å². The van der Waals surface area contributed by atoms with Gasteiger partial charge in [0.25, 0.3) is 0 Å². The van der Waals surface area contributed by atoms with Crippen LogP contribution in [0.5, 0.6) is 0 Å². The fraction of sp³-hybridized carbons (Fsp3) is 0.135. The van der Waals surface area contributed by atoms with Gasteiger partial charge in [0.1, 0.15) is 0 Å². The molecule has 0 atom stereocenters. The lowest BCUT2D eigenvalue weighted by Crippen LogP contribution is -2.31. The Labute approximate surface area is 221 Å². The maximum atomic E-state index is 3.17. The lowest BCUT2D eigenvalue weighted by molar-refractivity contribution is 0.744. The van der Waals surface area contributed by atoms with Crippen molar-refractivity contribution < 1.29 is 0 Å². The second-order valence-corrected chi connectivity index (χ2v) is 8.56. The van der Waals surface area contributed by atoms with E-state index in [1.165, 1.54) is 0 Å². The molecule has 0 radical (unpaired) electrons. The first kappa shape index (κ1) is 25.2. The molecule has 0 saturated heterocycles. The van der Waals surface area contributed by atoms with E-state index in [9.17, 15) is 0 Å². The third-order valence-corrected chi connectivity index (χ3v) is 6.35. The summed E-state index contributed by atoms with van der Waals surface area (Å²) < 4.78 is 0. The van der Waals surface area contributed by atoms with Gasteiger partial charge in [0, 0.05) is 22.3 Å². The fourth-order valence-corrected chi connectivity index (χ4v) is 4.79. The predicted molar refractivity (Wildman–Crippen MR) is 155 cm³/mol. The molecule has 0 unspecified atom stereocenters. The molecule has 4 rings (SSSR count). The SMILES string of the molecule is CC#Cc1ccc(C(c2ccc(C#CC)cc2)(c2ccc(C#CC)cc2)c2ccc(C#CC)cc2)cc1. The van der Waals surface area contributed by atoms with Crippen LogP contribution in [-0.4, -0.2) is 0 Å². The Morgan fingerprint density at radius 3 is 0.676 bits per heavy atom. The highest BCUT2D eigenvalue weighted by Gasteiger charge is 2.38. The van der Waals surface area contributed by atoms with Crippen LogP contribution in [0.1, 0.15) is 72.2 Å². The normalized spacial score (nSPS) is 9.84. The zero-order chi connectivity index (χ0) is 26.1. The molecule has 0 saturated carbocycles. The zero-order valence-electron chi connectivity index (χ0n) is 21.7. The Hall–Kier alpha value is -4.88. The quantitative estimate of drug-likeness (QED) is 0.212. The molecule has 0 aliphatic rings. The summed E-state index contributed by atoms with van der Waals surface area (Å²) in [5, 5.41) is 0. The molecule has 0 bridgehead atoms. The lowest BCUT2D eigenvalue weighted by Gasteiger charge is -2.37. The smallest absolute Gasteiger partial charge is 0.0701 e. The number of hydrogen-bond acceptors (Lipinski definition) is 0. The van der Waals surface area contributed by atoms with E-state index in [1.807, 2.05) is 27.7 Å². The van der Waals surface area contributed by atoms with Crippen LogP contribution < -0.4 is 0 Å². The largest absolute Gasteiger partial charge is 0.101 e. The van der Waals surface area contributed by atoms with Crippen molar-refractivity contribution in [3.63, 3.8) is 0 Å². The van der Waals surface area contributed by atoms with Gasteiger partial charge in [-0.1, -0.05) is 72.2 Å². The third-order valence-electron chi connectivity index (χ3n) is 6.35. The van der Waals surface area contributed by atoms with Crippen molar-refractivity contribution in [2.45, 2.75) is 33.1 Å². The van der Waals surface area contributed by atoms with E-state index < -0.39 is 5.41 Å². The van der Waals surface area contributed by atoms with Gasteiger partial charge in [0.2, 0.25) is 0 Å². The molecule has 0 heterocycles. The van der Waals surface area contributed by atoms with Crippen LogP contribution >= 0.6 is 0 Å². The molecule has 37 heavy (non-hydrogen) atoms. The molecule has 4 aromatic rings. The number of hydrogen-bond donors (Lipinski definition) is 0. The molecule has 0 spiro atoms. The highest BCUT2D eigenvalue weighted by Crippen LogP contribution is 2.45. The van der Waals surface area contributed by atoms with Crippen LogP contribution in [0.2, 0.25) is 0 Å². The molecule has 0 amide bonds. The van der Waals surface area contributed by atoms with Crippen molar-refractivity contribution in [3.05, 3.63) is 142 Å². The Balaban J connectivity index is 2.07. The topological polar surface area (TPSA) is 0 Å². The molecular weight excluding hydrogens is 444 g/mol. The Morgan fingerprint density at radius 1 is 0.324 bits per heavy atom. The molecule has 0 heteroatoms. The summed E-state index contributed by atoms with van der Waals surface area (Å²) in [5.74, 6) is 24.7. The van der Waals surface area contributed by atoms with Gasteiger partial charge in [-0.25, -0.2) is 0 Å². The molecule has 0 nitrogen and oxygen atoms in total. The van der Waals surface area contributed by atoms with Crippen LogP contribution in [0.3, 0.4) is 0 Å². The standard InChI is InChI=1S/C37H28/c1-5-9-29-13-21-33(22-14-29)37(34-23-15-30(10-6-2)16-24-34,35-25-17-31(11-7-3)18-26-35)36-27-19-32(12-8-4)20-28-36/h13-28H,1-4H3. The van der Waals surface area contributed by atoms with E-state index in [-0.39, 0.29) is 0 Å². The van der Waals surface area contributed by atoms with Crippen molar-refractivity contribution in [2.24, 2.45) is 0 Å². The summed E-state index contributed by atoms with van der Waals surface area (Å²) in [7, 11) is 0. The average molecular weight is 473 g/mol. The molecular formula is C37H28. The fourth-order valence-electron chi connectivity index (χ4n) is 4.79. The van der Waals surface area contributed by atoms with Gasteiger partial charge in [-0.05, 0) is 98.5 Å². The Morgan fingerprint density at radius 2 is 0.514 bits per heavy atom. The van der Waals surface area contributed by atoms with Crippen molar-refractivity contribution in [3.8, 4) is 47.4 Å². The highest BCUT2D eigenvalue weighted by molar-refractivity contribution is 5.62. The maximum Gasteiger partial charge on any atom is 0.0701 e. The summed E-state index contributed by atoms with van der Waals surface area (Å²) in [6.07, 6.45) is 0. The molecule has 4 aromatic carbocycles. The minimum Gasteiger partial charge on any atom is -0.101 e. The summed E-state index contributed by atoms with van der Waals surface area (Å²) in [6, 6.07) is 34.4. The van der Waals surface area contributed by atoms with Gasteiger partial charge in [0.05, 0.1) is 5.41 Å². The maximum absolute atomic E-state index is 3.17. The minimum atomic E-state index is -0.563. The first-order valence-electron chi connectivity index (χ1n) is 12.3. The minimum absolute atomic E-state index is 0.563. The Kier molecular flexibility index (Phi) is 7.98. The molecule has 0 aromatic heterocycles. The average Bonchev–Trinajstić information content (AvgIpc) is 2.93. The van der Waals surface area contributed by atoms with E-state index in [1.54, 1.807) is 0 Å². The highest BCUT2D eigenvalue weighted by atomic mass is 14.4. The monoisotopic (exact) mass is 472 g/mol. The molecule has 0 aliphatic carbocycles. The second-order valence-electron chi connectivity index (χ2n) is 8.56. The zero-order valence-corrected chi connectivity index (χ0v) is 21.7. The Bertz CT molecular complexity index is 1360. The molecule has 176 valence electrons. The molecule has 0 N–H and O–H groups in total. The van der Waals surface area contributed by atoms with E-state index in [0.29, 0.717) is 0 Å². The molecule has 0 aliphatic heterocycles. The summed E-state index contributed by atoms with van der Waals surface area (Å²) in [4.78, 5) is 0. The van der Waals surface area contributed by atoms with Gasteiger partial charge >= 0.3 is 0 Å². The van der Waals surface area contributed by atoms with Gasteiger partial charge in [0.15, 0.2) is 0 Å². The van der Waals surface area contributed by atoms with Crippen molar-refractivity contribution in [2.75, 3.05) is 0 Å². The van der Waals surface area contributed by atoms with E-state index in [0.717, 1.165) is 44.5 Å². The first-order chi connectivity index (χ1) is 18.1.